The summed E-state index contributed by atoms with van der Waals surface area (Å²) in [5.74, 6) is 0.00295. The Bertz CT molecular complexity index is 1010. The zero-order chi connectivity index (χ0) is 20.4. The van der Waals surface area contributed by atoms with Crippen LogP contribution in [0.3, 0.4) is 0 Å². The van der Waals surface area contributed by atoms with E-state index in [0.717, 1.165) is 63.8 Å². The standard InChI is InChI=1S/C22H24BrN3O2S/c1-15-11-16(2)13-17(12-15)21(27)26(6-5-25-7-9-28-10-8-25)22-24-19-4-3-18(23)14-20(19)29-22/h3-4,11-14H,5-10H2,1-2H3. The van der Waals surface area contributed by atoms with Crippen LogP contribution in [-0.2, 0) is 4.74 Å². The van der Waals surface area contributed by atoms with E-state index in [1.807, 2.05) is 43.0 Å². The molecule has 0 N–H and O–H groups in total. The fourth-order valence-electron chi connectivity index (χ4n) is 3.61. The molecule has 7 heteroatoms. The lowest BCUT2D eigenvalue weighted by atomic mass is 10.1. The highest BCUT2D eigenvalue weighted by molar-refractivity contribution is 9.10. The third kappa shape index (κ3) is 4.86. The molecule has 3 aromatic rings. The van der Waals surface area contributed by atoms with Gasteiger partial charge in [0, 0.05) is 36.2 Å². The summed E-state index contributed by atoms with van der Waals surface area (Å²) in [5, 5.41) is 0.746. The van der Waals surface area contributed by atoms with Crippen LogP contribution in [0.5, 0.6) is 0 Å². The van der Waals surface area contributed by atoms with Gasteiger partial charge in [-0.1, -0.05) is 44.5 Å². The second kappa shape index (κ2) is 8.92. The second-order valence-corrected chi connectivity index (χ2v) is 9.32. The van der Waals surface area contributed by atoms with Gasteiger partial charge in [-0.15, -0.1) is 0 Å². The Morgan fingerprint density at radius 3 is 2.62 bits per heavy atom. The number of fused-ring (bicyclic) bond motifs is 1. The number of aromatic nitrogens is 1. The van der Waals surface area contributed by atoms with E-state index in [9.17, 15) is 4.79 Å². The molecule has 0 saturated carbocycles. The Labute approximate surface area is 183 Å². The summed E-state index contributed by atoms with van der Waals surface area (Å²) in [6.07, 6.45) is 0. The number of halogens is 1. The Hall–Kier alpha value is -1.80. The van der Waals surface area contributed by atoms with Crippen molar-refractivity contribution in [3.63, 3.8) is 0 Å². The molecule has 0 radical (unpaired) electrons. The van der Waals surface area contributed by atoms with Crippen LogP contribution in [0, 0.1) is 13.8 Å². The van der Waals surface area contributed by atoms with E-state index in [2.05, 4.69) is 33.0 Å². The van der Waals surface area contributed by atoms with E-state index >= 15 is 0 Å². The van der Waals surface area contributed by atoms with Crippen molar-refractivity contribution >= 4 is 48.5 Å². The summed E-state index contributed by atoms with van der Waals surface area (Å²) in [7, 11) is 0. The Kier molecular flexibility index (Phi) is 6.29. The summed E-state index contributed by atoms with van der Waals surface area (Å²) in [6, 6.07) is 12.0. The van der Waals surface area contributed by atoms with Crippen LogP contribution in [0.25, 0.3) is 10.2 Å². The van der Waals surface area contributed by atoms with Crippen molar-refractivity contribution in [2.24, 2.45) is 0 Å². The average Bonchev–Trinajstić information content (AvgIpc) is 3.10. The number of rotatable bonds is 5. The third-order valence-electron chi connectivity index (χ3n) is 5.03. The van der Waals surface area contributed by atoms with Gasteiger partial charge in [-0.3, -0.25) is 14.6 Å². The normalized spacial score (nSPS) is 15.0. The van der Waals surface area contributed by atoms with Gasteiger partial charge in [0.15, 0.2) is 5.13 Å². The summed E-state index contributed by atoms with van der Waals surface area (Å²) in [5.41, 5.74) is 3.81. The van der Waals surface area contributed by atoms with E-state index in [4.69, 9.17) is 9.72 Å². The largest absolute Gasteiger partial charge is 0.379 e. The maximum atomic E-state index is 13.5. The van der Waals surface area contributed by atoms with Gasteiger partial charge in [-0.05, 0) is 44.2 Å². The minimum Gasteiger partial charge on any atom is -0.379 e. The molecular weight excluding hydrogens is 450 g/mol. The molecule has 1 fully saturated rings. The molecule has 2 aromatic carbocycles. The number of amides is 1. The number of hydrogen-bond acceptors (Lipinski definition) is 5. The predicted molar refractivity (Wildman–Crippen MR) is 122 cm³/mol. The Balaban J connectivity index is 1.66. The number of hydrogen-bond donors (Lipinski definition) is 0. The topological polar surface area (TPSA) is 45.7 Å². The summed E-state index contributed by atoms with van der Waals surface area (Å²) in [4.78, 5) is 22.5. The summed E-state index contributed by atoms with van der Waals surface area (Å²) < 4.78 is 7.53. The molecule has 29 heavy (non-hydrogen) atoms. The van der Waals surface area contributed by atoms with Crippen LogP contribution in [0.2, 0.25) is 0 Å². The van der Waals surface area contributed by atoms with Gasteiger partial charge >= 0.3 is 0 Å². The highest BCUT2D eigenvalue weighted by Gasteiger charge is 2.23. The van der Waals surface area contributed by atoms with Crippen LogP contribution in [0.4, 0.5) is 5.13 Å². The molecule has 1 aliphatic heterocycles. The lowest BCUT2D eigenvalue weighted by Crippen LogP contribution is -2.43. The zero-order valence-corrected chi connectivity index (χ0v) is 19.1. The number of nitrogens with zero attached hydrogens (tertiary/aromatic N) is 3. The molecular formula is C22H24BrN3O2S. The molecule has 4 rings (SSSR count). The molecule has 0 spiro atoms. The minimum absolute atomic E-state index is 0.00295. The minimum atomic E-state index is 0.00295. The average molecular weight is 474 g/mol. The number of benzene rings is 2. The smallest absolute Gasteiger partial charge is 0.260 e. The van der Waals surface area contributed by atoms with E-state index in [1.54, 1.807) is 11.3 Å². The van der Waals surface area contributed by atoms with Gasteiger partial charge in [-0.25, -0.2) is 4.98 Å². The van der Waals surface area contributed by atoms with E-state index in [1.165, 1.54) is 0 Å². The molecule has 1 amide bonds. The number of aryl methyl sites for hydroxylation is 2. The maximum Gasteiger partial charge on any atom is 0.260 e. The number of anilines is 1. The first-order chi connectivity index (χ1) is 14.0. The zero-order valence-electron chi connectivity index (χ0n) is 16.7. The third-order valence-corrected chi connectivity index (χ3v) is 6.56. The number of carbonyl (C=O) groups excluding carboxylic acids is 1. The monoisotopic (exact) mass is 473 g/mol. The van der Waals surface area contributed by atoms with Crippen LogP contribution in [0.1, 0.15) is 21.5 Å². The first-order valence-corrected chi connectivity index (χ1v) is 11.4. The molecule has 1 saturated heterocycles. The van der Waals surface area contributed by atoms with E-state index in [-0.39, 0.29) is 5.91 Å². The molecule has 0 aliphatic carbocycles. The van der Waals surface area contributed by atoms with Crippen molar-refractivity contribution in [2.75, 3.05) is 44.3 Å². The lowest BCUT2D eigenvalue weighted by Gasteiger charge is -2.29. The second-order valence-electron chi connectivity index (χ2n) is 7.40. The lowest BCUT2D eigenvalue weighted by molar-refractivity contribution is 0.0391. The Morgan fingerprint density at radius 1 is 1.17 bits per heavy atom. The molecule has 152 valence electrons. The van der Waals surface area contributed by atoms with E-state index < -0.39 is 0 Å². The molecule has 1 aliphatic rings. The van der Waals surface area contributed by atoms with Gasteiger partial charge in [0.1, 0.15) is 0 Å². The van der Waals surface area contributed by atoms with Gasteiger partial charge in [0.25, 0.3) is 5.91 Å². The fraction of sp³-hybridized carbons (Fsp3) is 0.364. The van der Waals surface area contributed by atoms with Gasteiger partial charge in [0.05, 0.1) is 23.4 Å². The van der Waals surface area contributed by atoms with E-state index in [0.29, 0.717) is 12.1 Å². The fourth-order valence-corrected chi connectivity index (χ4v) is 5.15. The number of carbonyl (C=O) groups is 1. The summed E-state index contributed by atoms with van der Waals surface area (Å²) in [6.45, 7) is 8.76. The molecule has 0 bridgehead atoms. The maximum absolute atomic E-state index is 13.5. The first kappa shape index (κ1) is 20.5. The van der Waals surface area contributed by atoms with Crippen molar-refractivity contribution in [1.29, 1.82) is 0 Å². The van der Waals surface area contributed by atoms with Crippen molar-refractivity contribution < 1.29 is 9.53 Å². The van der Waals surface area contributed by atoms with Crippen molar-refractivity contribution in [1.82, 2.24) is 9.88 Å². The molecule has 2 heterocycles. The molecule has 5 nitrogen and oxygen atoms in total. The van der Waals surface area contributed by atoms with Crippen LogP contribution in [0.15, 0.2) is 40.9 Å². The van der Waals surface area contributed by atoms with Gasteiger partial charge in [0.2, 0.25) is 0 Å². The summed E-state index contributed by atoms with van der Waals surface area (Å²) >= 11 is 5.08. The number of ether oxygens (including phenoxy) is 1. The molecule has 0 atom stereocenters. The Morgan fingerprint density at radius 2 is 1.90 bits per heavy atom. The number of thiazole rings is 1. The predicted octanol–water partition coefficient (Wildman–Crippen LogP) is 4.65. The van der Waals surface area contributed by atoms with Gasteiger partial charge in [-0.2, -0.15) is 0 Å². The van der Waals surface area contributed by atoms with Gasteiger partial charge < -0.3 is 4.74 Å². The van der Waals surface area contributed by atoms with Crippen LogP contribution in [-0.4, -0.2) is 55.2 Å². The van der Waals surface area contributed by atoms with Crippen molar-refractivity contribution in [3.05, 3.63) is 57.6 Å². The first-order valence-electron chi connectivity index (χ1n) is 9.76. The highest BCUT2D eigenvalue weighted by Crippen LogP contribution is 2.31. The van der Waals surface area contributed by atoms with Crippen LogP contribution >= 0.6 is 27.3 Å². The SMILES string of the molecule is Cc1cc(C)cc(C(=O)N(CCN2CCOCC2)c2nc3ccc(Br)cc3s2)c1. The van der Waals surface area contributed by atoms with Crippen molar-refractivity contribution in [3.8, 4) is 0 Å². The van der Waals surface area contributed by atoms with Crippen molar-refractivity contribution in [2.45, 2.75) is 13.8 Å². The molecule has 1 aromatic heterocycles. The molecule has 0 unspecified atom stereocenters. The quantitative estimate of drug-likeness (QED) is 0.540. The highest BCUT2D eigenvalue weighted by atomic mass is 79.9. The number of morpholine rings is 1. The van der Waals surface area contributed by atoms with Crippen LogP contribution < -0.4 is 4.90 Å².